The number of rotatable bonds is 1. The molecule has 13 heavy (non-hydrogen) atoms. The van der Waals surface area contributed by atoms with Gasteiger partial charge < -0.3 is 4.98 Å². The number of benzene rings is 1. The van der Waals surface area contributed by atoms with Gasteiger partial charge in [0.15, 0.2) is 5.82 Å². The second kappa shape index (κ2) is 3.38. The van der Waals surface area contributed by atoms with Crippen LogP contribution in [0, 0.1) is 5.82 Å². The molecule has 2 nitrogen and oxygen atoms in total. The summed E-state index contributed by atoms with van der Waals surface area (Å²) in [5, 5.41) is 0.596. The number of nitrogens with one attached hydrogen (secondary N) is 1. The van der Waals surface area contributed by atoms with Gasteiger partial charge in [0, 0.05) is 4.47 Å². The lowest BCUT2D eigenvalue weighted by Gasteiger charge is -1.91. The van der Waals surface area contributed by atoms with E-state index in [4.69, 9.17) is 0 Å². The predicted molar refractivity (Wildman–Crippen MR) is 56.4 cm³/mol. The summed E-state index contributed by atoms with van der Waals surface area (Å²) in [6.07, 6.45) is 0. The highest BCUT2D eigenvalue weighted by Gasteiger charge is 2.07. The van der Waals surface area contributed by atoms with Crippen LogP contribution in [-0.4, -0.2) is 9.97 Å². The Balaban J connectivity index is 2.75. The normalized spacial score (nSPS) is 11.0. The molecule has 0 atom stereocenters. The molecule has 0 aliphatic heterocycles. The molecule has 0 spiro atoms. The monoisotopic (exact) mass is 306 g/mol. The molecule has 1 aromatic heterocycles. The molecule has 0 radical (unpaired) electrons. The molecule has 0 saturated carbocycles. The van der Waals surface area contributed by atoms with Crippen LogP contribution in [-0.2, 0) is 5.33 Å². The first-order valence-corrected chi connectivity index (χ1v) is 5.52. The first kappa shape index (κ1) is 9.15. The third-order valence-corrected chi connectivity index (χ3v) is 2.67. The Kier molecular flexibility index (Phi) is 2.38. The molecule has 1 N–H and O–H groups in total. The summed E-state index contributed by atoms with van der Waals surface area (Å²) in [5.74, 6) is 0.417. The van der Waals surface area contributed by atoms with Gasteiger partial charge >= 0.3 is 0 Å². The molecule has 0 aliphatic rings. The highest BCUT2D eigenvalue weighted by molar-refractivity contribution is 9.10. The fraction of sp³-hybridized carbons (Fsp3) is 0.125. The zero-order valence-corrected chi connectivity index (χ0v) is 9.61. The molecule has 5 heteroatoms. The summed E-state index contributed by atoms with van der Waals surface area (Å²) in [6, 6.07) is 3.21. The number of alkyl halides is 1. The van der Waals surface area contributed by atoms with Gasteiger partial charge in [-0.15, -0.1) is 0 Å². The summed E-state index contributed by atoms with van der Waals surface area (Å²) >= 11 is 6.47. The number of aromatic amines is 1. The Morgan fingerprint density at radius 1 is 1.46 bits per heavy atom. The summed E-state index contributed by atoms with van der Waals surface area (Å²) < 4.78 is 14.0. The summed E-state index contributed by atoms with van der Waals surface area (Å²) in [4.78, 5) is 7.07. The van der Waals surface area contributed by atoms with Gasteiger partial charge in [0.25, 0.3) is 0 Å². The maximum Gasteiger partial charge on any atom is 0.152 e. The molecule has 1 heterocycles. The second-order valence-electron chi connectivity index (χ2n) is 2.60. The van der Waals surface area contributed by atoms with Crippen molar-refractivity contribution in [3.63, 3.8) is 0 Å². The molecule has 0 saturated heterocycles. The average molecular weight is 308 g/mol. The Hall–Kier alpha value is -0.420. The fourth-order valence-corrected chi connectivity index (χ4v) is 1.85. The Morgan fingerprint density at radius 2 is 2.23 bits per heavy atom. The Bertz CT molecular complexity index is 453. The summed E-state index contributed by atoms with van der Waals surface area (Å²) in [7, 11) is 0. The van der Waals surface area contributed by atoms with Crippen LogP contribution in [0.1, 0.15) is 5.82 Å². The number of aromatic nitrogens is 2. The van der Waals surface area contributed by atoms with E-state index in [0.717, 1.165) is 5.82 Å². The van der Waals surface area contributed by atoms with E-state index in [9.17, 15) is 4.39 Å². The molecule has 2 aromatic rings. The topological polar surface area (TPSA) is 28.7 Å². The minimum Gasteiger partial charge on any atom is -0.341 e. The average Bonchev–Trinajstić information content (AvgIpc) is 2.47. The number of nitrogens with zero attached hydrogens (tertiary/aromatic N) is 1. The van der Waals surface area contributed by atoms with Gasteiger partial charge in [0.05, 0.1) is 10.8 Å². The third-order valence-electron chi connectivity index (χ3n) is 1.68. The number of hydrogen-bond acceptors (Lipinski definition) is 1. The minimum atomic E-state index is -0.312. The number of halogens is 3. The van der Waals surface area contributed by atoms with Gasteiger partial charge in [-0.1, -0.05) is 31.9 Å². The molecule has 0 unspecified atom stereocenters. The van der Waals surface area contributed by atoms with Crippen LogP contribution in [0.4, 0.5) is 4.39 Å². The van der Waals surface area contributed by atoms with Crippen LogP contribution in [0.3, 0.4) is 0 Å². The van der Waals surface area contributed by atoms with Crippen LogP contribution in [0.5, 0.6) is 0 Å². The van der Waals surface area contributed by atoms with Crippen LogP contribution in [0.2, 0.25) is 0 Å². The number of H-pyrrole nitrogens is 1. The van der Waals surface area contributed by atoms with E-state index >= 15 is 0 Å². The van der Waals surface area contributed by atoms with Crippen molar-refractivity contribution in [3.8, 4) is 0 Å². The van der Waals surface area contributed by atoms with Crippen LogP contribution >= 0.6 is 31.9 Å². The van der Waals surface area contributed by atoms with Gasteiger partial charge in [-0.25, -0.2) is 9.37 Å². The van der Waals surface area contributed by atoms with E-state index in [0.29, 0.717) is 20.8 Å². The smallest absolute Gasteiger partial charge is 0.152 e. The van der Waals surface area contributed by atoms with Crippen LogP contribution in [0.15, 0.2) is 16.6 Å². The molecule has 68 valence electrons. The van der Waals surface area contributed by atoms with Gasteiger partial charge in [-0.2, -0.15) is 0 Å². The maximum atomic E-state index is 13.3. The maximum absolute atomic E-state index is 13.3. The van der Waals surface area contributed by atoms with Crippen molar-refractivity contribution < 1.29 is 4.39 Å². The Labute approximate surface area is 90.8 Å². The summed E-state index contributed by atoms with van der Waals surface area (Å²) in [5.41, 5.74) is 1.10. The van der Waals surface area contributed by atoms with E-state index in [2.05, 4.69) is 41.8 Å². The zero-order valence-electron chi connectivity index (χ0n) is 6.44. The number of imidazole rings is 1. The molecule has 0 amide bonds. The third kappa shape index (κ3) is 1.62. The standard InChI is InChI=1S/C8H5Br2FN2/c9-3-7-12-6-2-4(10)1-5(11)8(6)13-7/h1-2H,3H2,(H,12,13). The molecule has 0 aliphatic carbocycles. The minimum absolute atomic E-state index is 0.312. The van der Waals surface area contributed by atoms with Crippen molar-refractivity contribution in [2.45, 2.75) is 5.33 Å². The number of fused-ring (bicyclic) bond motifs is 1. The highest BCUT2D eigenvalue weighted by atomic mass is 79.9. The van der Waals surface area contributed by atoms with Crippen molar-refractivity contribution >= 4 is 42.9 Å². The van der Waals surface area contributed by atoms with E-state index < -0.39 is 0 Å². The van der Waals surface area contributed by atoms with Crippen molar-refractivity contribution in [2.24, 2.45) is 0 Å². The molecule has 1 aromatic carbocycles. The largest absolute Gasteiger partial charge is 0.341 e. The second-order valence-corrected chi connectivity index (χ2v) is 4.08. The van der Waals surface area contributed by atoms with E-state index in [1.807, 2.05) is 0 Å². The van der Waals surface area contributed by atoms with E-state index in [1.54, 1.807) is 6.07 Å². The van der Waals surface area contributed by atoms with Crippen LogP contribution in [0.25, 0.3) is 11.0 Å². The van der Waals surface area contributed by atoms with Crippen molar-refractivity contribution in [1.29, 1.82) is 0 Å². The molecule has 0 bridgehead atoms. The molecule has 0 fully saturated rings. The lowest BCUT2D eigenvalue weighted by atomic mass is 10.3. The molecule has 2 rings (SSSR count). The van der Waals surface area contributed by atoms with Gasteiger partial charge in [-0.05, 0) is 12.1 Å². The first-order valence-electron chi connectivity index (χ1n) is 3.60. The highest BCUT2D eigenvalue weighted by Crippen LogP contribution is 2.21. The zero-order chi connectivity index (χ0) is 9.42. The van der Waals surface area contributed by atoms with Gasteiger partial charge in [0.1, 0.15) is 11.3 Å². The predicted octanol–water partition coefficient (Wildman–Crippen LogP) is 3.36. The van der Waals surface area contributed by atoms with Crippen molar-refractivity contribution in [1.82, 2.24) is 9.97 Å². The van der Waals surface area contributed by atoms with Gasteiger partial charge in [-0.3, -0.25) is 0 Å². The van der Waals surface area contributed by atoms with Crippen LogP contribution < -0.4 is 0 Å². The van der Waals surface area contributed by atoms with Crippen molar-refractivity contribution in [2.75, 3.05) is 0 Å². The van der Waals surface area contributed by atoms with Crippen molar-refractivity contribution in [3.05, 3.63) is 28.2 Å². The lowest BCUT2D eigenvalue weighted by molar-refractivity contribution is 0.636. The molecular weight excluding hydrogens is 303 g/mol. The quantitative estimate of drug-likeness (QED) is 0.804. The lowest BCUT2D eigenvalue weighted by Crippen LogP contribution is -1.78. The fourth-order valence-electron chi connectivity index (χ4n) is 1.16. The van der Waals surface area contributed by atoms with E-state index in [-0.39, 0.29) is 5.82 Å². The molecular formula is C8H5Br2FN2. The van der Waals surface area contributed by atoms with Gasteiger partial charge in [0.2, 0.25) is 0 Å². The van der Waals surface area contributed by atoms with E-state index in [1.165, 1.54) is 6.07 Å². The SMILES string of the molecule is Fc1cc(Br)cc2[nH]c(CBr)nc12. The first-order chi connectivity index (χ1) is 6.20. The Morgan fingerprint density at radius 3 is 2.92 bits per heavy atom. The number of hydrogen-bond donors (Lipinski definition) is 1. The summed E-state index contributed by atoms with van der Waals surface area (Å²) in [6.45, 7) is 0.